The minimum Gasteiger partial charge on any atom is -0.257 e. The predicted molar refractivity (Wildman–Crippen MR) is 55.2 cm³/mol. The highest BCUT2D eigenvalue weighted by molar-refractivity contribution is 5.45. The molecule has 0 bridgehead atoms. The Bertz CT molecular complexity index is 261. The highest BCUT2D eigenvalue weighted by atomic mass is 14.9. The van der Waals surface area contributed by atoms with Gasteiger partial charge in [0.15, 0.2) is 0 Å². The van der Waals surface area contributed by atoms with Crippen molar-refractivity contribution in [2.45, 2.75) is 52.4 Å². The van der Waals surface area contributed by atoms with Crippen molar-refractivity contribution in [3.8, 4) is 0 Å². The van der Waals surface area contributed by atoms with Crippen LogP contribution in [0.1, 0.15) is 52.4 Å². The van der Waals surface area contributed by atoms with E-state index >= 15 is 0 Å². The van der Waals surface area contributed by atoms with E-state index in [0.29, 0.717) is 0 Å². The Labute approximate surface area is 80.9 Å². The Hall–Kier alpha value is -0.720. The second-order valence-electron chi connectivity index (χ2n) is 3.88. The van der Waals surface area contributed by atoms with Gasteiger partial charge in [0.2, 0.25) is 0 Å². The van der Waals surface area contributed by atoms with Gasteiger partial charge in [-0.15, -0.1) is 0 Å². The zero-order valence-corrected chi connectivity index (χ0v) is 8.69. The molecular formula is C12H18N. The lowest BCUT2D eigenvalue weighted by Gasteiger charge is -2.13. The number of rotatable bonds is 2. The van der Waals surface area contributed by atoms with Gasteiger partial charge in [0, 0.05) is 11.4 Å². The van der Waals surface area contributed by atoms with Gasteiger partial charge < -0.3 is 0 Å². The molecule has 1 heteroatoms. The molecule has 0 N–H and O–H groups in total. The third kappa shape index (κ3) is 1.41. The molecule has 1 heterocycles. The maximum Gasteiger partial charge on any atom is 0.0442 e. The maximum atomic E-state index is 4.74. The van der Waals surface area contributed by atoms with Gasteiger partial charge in [-0.3, -0.25) is 5.32 Å². The third-order valence-electron chi connectivity index (χ3n) is 3.11. The topological polar surface area (TPSA) is 14.1 Å². The van der Waals surface area contributed by atoms with E-state index in [-0.39, 0.29) is 0 Å². The monoisotopic (exact) mass is 176 g/mol. The summed E-state index contributed by atoms with van der Waals surface area (Å²) in [5, 5.41) is 4.74. The van der Waals surface area contributed by atoms with Crippen molar-refractivity contribution in [3.63, 3.8) is 0 Å². The summed E-state index contributed by atoms with van der Waals surface area (Å²) in [6, 6.07) is 0. The highest BCUT2D eigenvalue weighted by Gasteiger charge is 2.25. The zero-order valence-electron chi connectivity index (χ0n) is 8.69. The molecule has 1 aliphatic heterocycles. The van der Waals surface area contributed by atoms with Gasteiger partial charge in [-0.05, 0) is 49.7 Å². The Balaban J connectivity index is 2.27. The van der Waals surface area contributed by atoms with Crippen LogP contribution in [0.5, 0.6) is 0 Å². The molecule has 0 spiro atoms. The minimum atomic E-state index is 1.11. The van der Waals surface area contributed by atoms with E-state index in [2.05, 4.69) is 13.8 Å². The molecule has 13 heavy (non-hydrogen) atoms. The first-order chi connectivity index (χ1) is 6.36. The molecular weight excluding hydrogens is 158 g/mol. The van der Waals surface area contributed by atoms with E-state index < -0.39 is 0 Å². The van der Waals surface area contributed by atoms with E-state index in [1.54, 1.807) is 11.1 Å². The zero-order chi connectivity index (χ0) is 9.26. The first kappa shape index (κ1) is 8.86. The van der Waals surface area contributed by atoms with E-state index in [4.69, 9.17) is 5.32 Å². The molecule has 0 saturated carbocycles. The average molecular weight is 176 g/mol. The lowest BCUT2D eigenvalue weighted by molar-refractivity contribution is 0.656. The number of hydrogen-bond donors (Lipinski definition) is 0. The van der Waals surface area contributed by atoms with E-state index in [1.807, 2.05) is 0 Å². The van der Waals surface area contributed by atoms with Crippen LogP contribution in [0, 0.1) is 0 Å². The third-order valence-corrected chi connectivity index (χ3v) is 3.11. The van der Waals surface area contributed by atoms with Crippen LogP contribution in [0.4, 0.5) is 0 Å². The fraction of sp³-hybridized carbons (Fsp3) is 0.667. The first-order valence-corrected chi connectivity index (χ1v) is 5.53. The second-order valence-corrected chi connectivity index (χ2v) is 3.88. The van der Waals surface area contributed by atoms with E-state index in [1.165, 1.54) is 43.5 Å². The largest absolute Gasteiger partial charge is 0.257 e. The standard InChI is InChI=1S/C12H18N/c1-3-9-10-7-5-6-8-12(10)13-11(9)4-2/h3-8H2,1-2H3. The molecule has 2 rings (SSSR count). The van der Waals surface area contributed by atoms with Gasteiger partial charge >= 0.3 is 0 Å². The van der Waals surface area contributed by atoms with Crippen LogP contribution < -0.4 is 5.32 Å². The van der Waals surface area contributed by atoms with Crippen molar-refractivity contribution >= 4 is 0 Å². The summed E-state index contributed by atoms with van der Waals surface area (Å²) in [4.78, 5) is 0. The van der Waals surface area contributed by atoms with Crippen LogP contribution in [0.3, 0.4) is 0 Å². The molecule has 0 fully saturated rings. The van der Waals surface area contributed by atoms with Crippen LogP contribution >= 0.6 is 0 Å². The summed E-state index contributed by atoms with van der Waals surface area (Å²) in [5.74, 6) is 0. The van der Waals surface area contributed by atoms with E-state index in [9.17, 15) is 0 Å². The van der Waals surface area contributed by atoms with Gasteiger partial charge in [-0.2, -0.15) is 0 Å². The summed E-state index contributed by atoms with van der Waals surface area (Å²) in [7, 11) is 0. The molecule has 1 nitrogen and oxygen atoms in total. The normalized spacial score (nSPS) is 22.0. The molecule has 0 aromatic rings. The lowest BCUT2D eigenvalue weighted by atomic mass is 9.91. The predicted octanol–water partition coefficient (Wildman–Crippen LogP) is 3.51. The Morgan fingerprint density at radius 3 is 2.54 bits per heavy atom. The quantitative estimate of drug-likeness (QED) is 0.611. The summed E-state index contributed by atoms with van der Waals surface area (Å²) in [6.45, 7) is 4.47. The number of hydrogen-bond acceptors (Lipinski definition) is 0. The van der Waals surface area contributed by atoms with Crippen molar-refractivity contribution in [3.05, 3.63) is 22.5 Å². The van der Waals surface area contributed by atoms with Gasteiger partial charge in [0.25, 0.3) is 0 Å². The minimum absolute atomic E-state index is 1.11. The number of allylic oxidation sites excluding steroid dienone is 4. The molecule has 2 aliphatic rings. The van der Waals surface area contributed by atoms with Crippen LogP contribution in [0.25, 0.3) is 0 Å². The molecule has 1 radical (unpaired) electrons. The molecule has 0 saturated heterocycles. The average Bonchev–Trinajstić information content (AvgIpc) is 2.55. The Morgan fingerprint density at radius 2 is 1.85 bits per heavy atom. The molecule has 0 atom stereocenters. The molecule has 0 aromatic carbocycles. The van der Waals surface area contributed by atoms with Crippen LogP contribution in [0.15, 0.2) is 22.5 Å². The summed E-state index contributed by atoms with van der Waals surface area (Å²) in [6.07, 6.45) is 7.50. The summed E-state index contributed by atoms with van der Waals surface area (Å²) >= 11 is 0. The fourth-order valence-electron chi connectivity index (χ4n) is 2.45. The van der Waals surface area contributed by atoms with Crippen molar-refractivity contribution in [2.24, 2.45) is 0 Å². The van der Waals surface area contributed by atoms with Crippen molar-refractivity contribution in [1.82, 2.24) is 5.32 Å². The number of nitrogens with zero attached hydrogens (tertiary/aromatic N) is 1. The van der Waals surface area contributed by atoms with E-state index in [0.717, 1.165) is 6.42 Å². The van der Waals surface area contributed by atoms with Crippen LogP contribution in [-0.4, -0.2) is 0 Å². The van der Waals surface area contributed by atoms with Crippen molar-refractivity contribution < 1.29 is 0 Å². The molecule has 0 unspecified atom stereocenters. The summed E-state index contributed by atoms with van der Waals surface area (Å²) < 4.78 is 0. The second kappa shape index (κ2) is 3.57. The fourth-order valence-corrected chi connectivity index (χ4v) is 2.45. The van der Waals surface area contributed by atoms with Crippen LogP contribution in [-0.2, 0) is 0 Å². The van der Waals surface area contributed by atoms with Crippen LogP contribution in [0.2, 0.25) is 0 Å². The summed E-state index contributed by atoms with van der Waals surface area (Å²) in [5.41, 5.74) is 5.96. The molecule has 0 amide bonds. The van der Waals surface area contributed by atoms with Gasteiger partial charge in [0.1, 0.15) is 0 Å². The van der Waals surface area contributed by atoms with Gasteiger partial charge in [-0.25, -0.2) is 0 Å². The Kier molecular flexibility index (Phi) is 2.43. The highest BCUT2D eigenvalue weighted by Crippen LogP contribution is 2.38. The molecule has 71 valence electrons. The van der Waals surface area contributed by atoms with Gasteiger partial charge in [0.05, 0.1) is 0 Å². The SMILES string of the molecule is CCC1=C(CC)C2=C(CCCC2)[N]1. The lowest BCUT2D eigenvalue weighted by Crippen LogP contribution is -2.02. The smallest absolute Gasteiger partial charge is 0.0442 e. The Morgan fingerprint density at radius 1 is 1.08 bits per heavy atom. The van der Waals surface area contributed by atoms with Gasteiger partial charge in [-0.1, -0.05) is 13.8 Å². The van der Waals surface area contributed by atoms with Crippen molar-refractivity contribution in [1.29, 1.82) is 0 Å². The maximum absolute atomic E-state index is 4.74. The molecule has 1 aliphatic carbocycles. The van der Waals surface area contributed by atoms with Crippen molar-refractivity contribution in [2.75, 3.05) is 0 Å². The molecule has 0 aromatic heterocycles. The first-order valence-electron chi connectivity index (χ1n) is 5.53.